The molecule has 4 heteroatoms. The third kappa shape index (κ3) is 3.01. The Balaban J connectivity index is 2.15. The van der Waals surface area contributed by atoms with Crippen LogP contribution >= 0.6 is 0 Å². The van der Waals surface area contributed by atoms with Gasteiger partial charge >= 0.3 is 5.97 Å². The van der Waals surface area contributed by atoms with Crippen molar-refractivity contribution in [2.24, 2.45) is 5.92 Å². The highest BCUT2D eigenvalue weighted by Crippen LogP contribution is 2.55. The number of esters is 1. The fraction of sp³-hybridized carbons (Fsp3) is 0.765. The van der Waals surface area contributed by atoms with Crippen molar-refractivity contribution in [3.8, 4) is 0 Å². The van der Waals surface area contributed by atoms with Gasteiger partial charge in [0.25, 0.3) is 0 Å². The van der Waals surface area contributed by atoms with Crippen LogP contribution in [0.25, 0.3) is 0 Å². The third-order valence-electron chi connectivity index (χ3n) is 5.73. The molecule has 2 aliphatic carbocycles. The van der Waals surface area contributed by atoms with Gasteiger partial charge in [-0.15, -0.1) is 0 Å². The van der Waals surface area contributed by atoms with E-state index < -0.39 is 8.07 Å². The lowest BCUT2D eigenvalue weighted by molar-refractivity contribution is -0.142. The van der Waals surface area contributed by atoms with Gasteiger partial charge in [-0.05, 0) is 17.9 Å². The van der Waals surface area contributed by atoms with Crippen LogP contribution in [-0.2, 0) is 14.3 Å². The molecule has 21 heavy (non-hydrogen) atoms. The number of allylic oxidation sites excluding steroid dienone is 2. The van der Waals surface area contributed by atoms with Crippen molar-refractivity contribution in [2.75, 3.05) is 6.61 Å². The van der Waals surface area contributed by atoms with E-state index in [-0.39, 0.29) is 16.5 Å². The first-order chi connectivity index (χ1) is 9.54. The molecule has 0 radical (unpaired) electrons. The summed E-state index contributed by atoms with van der Waals surface area (Å²) in [6.07, 6.45) is 2.54. The molecule has 0 heterocycles. The van der Waals surface area contributed by atoms with Crippen LogP contribution in [0.15, 0.2) is 11.1 Å². The van der Waals surface area contributed by atoms with E-state index in [1.165, 1.54) is 18.1 Å². The summed E-state index contributed by atoms with van der Waals surface area (Å²) in [5, 5.41) is 0.212. The predicted octanol–water partition coefficient (Wildman–Crippen LogP) is 4.11. The minimum Gasteiger partial charge on any atom is -0.466 e. The van der Waals surface area contributed by atoms with Gasteiger partial charge in [-0.3, -0.25) is 9.59 Å². The SMILES string of the molecule is CC(=O)OCC1CC2=C(C1)C([Si](C)(C)C(C)(C)C)C(=O)C2. The molecule has 0 aromatic rings. The van der Waals surface area contributed by atoms with E-state index in [1.807, 2.05) is 0 Å². The van der Waals surface area contributed by atoms with E-state index in [4.69, 9.17) is 4.74 Å². The summed E-state index contributed by atoms with van der Waals surface area (Å²) in [5.74, 6) is 0.621. The van der Waals surface area contributed by atoms with Crippen molar-refractivity contribution in [1.82, 2.24) is 0 Å². The van der Waals surface area contributed by atoms with Crippen LogP contribution in [0.2, 0.25) is 23.7 Å². The Morgan fingerprint density at radius 1 is 1.29 bits per heavy atom. The predicted molar refractivity (Wildman–Crippen MR) is 87.0 cm³/mol. The highest BCUT2D eigenvalue weighted by Gasteiger charge is 2.51. The van der Waals surface area contributed by atoms with Crippen LogP contribution in [-0.4, -0.2) is 26.4 Å². The van der Waals surface area contributed by atoms with E-state index in [9.17, 15) is 9.59 Å². The molecule has 0 aromatic carbocycles. The topological polar surface area (TPSA) is 43.4 Å². The molecule has 0 bridgehead atoms. The van der Waals surface area contributed by atoms with Gasteiger partial charge in [0, 0.05) is 24.8 Å². The Labute approximate surface area is 129 Å². The van der Waals surface area contributed by atoms with Crippen LogP contribution in [0.3, 0.4) is 0 Å². The number of carbonyl (C=O) groups is 2. The van der Waals surface area contributed by atoms with Gasteiger partial charge in [0.2, 0.25) is 0 Å². The molecule has 0 saturated heterocycles. The molecule has 0 fully saturated rings. The molecule has 2 rings (SSSR count). The summed E-state index contributed by atoms with van der Waals surface area (Å²) in [7, 11) is -1.71. The summed E-state index contributed by atoms with van der Waals surface area (Å²) < 4.78 is 5.17. The van der Waals surface area contributed by atoms with Crippen molar-refractivity contribution in [1.29, 1.82) is 0 Å². The Hall–Kier alpha value is -0.903. The van der Waals surface area contributed by atoms with E-state index in [1.54, 1.807) is 0 Å². The largest absolute Gasteiger partial charge is 0.466 e. The number of ether oxygens (including phenoxy) is 1. The van der Waals surface area contributed by atoms with Crippen LogP contribution in [0.5, 0.6) is 0 Å². The first-order valence-electron chi connectivity index (χ1n) is 7.91. The number of rotatable bonds is 3. The summed E-state index contributed by atoms with van der Waals surface area (Å²) in [4.78, 5) is 23.5. The quantitative estimate of drug-likeness (QED) is 0.448. The number of carbonyl (C=O) groups excluding carboxylic acids is 2. The zero-order valence-electron chi connectivity index (χ0n) is 14.2. The van der Waals surface area contributed by atoms with Gasteiger partial charge in [0.15, 0.2) is 0 Å². The van der Waals surface area contributed by atoms with Crippen LogP contribution in [0.1, 0.15) is 47.0 Å². The Morgan fingerprint density at radius 2 is 1.90 bits per heavy atom. The van der Waals surface area contributed by atoms with E-state index in [2.05, 4.69) is 33.9 Å². The van der Waals surface area contributed by atoms with Crippen molar-refractivity contribution in [3.63, 3.8) is 0 Å². The van der Waals surface area contributed by atoms with Crippen molar-refractivity contribution >= 4 is 19.8 Å². The fourth-order valence-corrected chi connectivity index (χ4v) is 6.61. The average Bonchev–Trinajstić information content (AvgIpc) is 2.80. The zero-order chi connectivity index (χ0) is 16.0. The number of hydrogen-bond donors (Lipinski definition) is 0. The summed E-state index contributed by atoms with van der Waals surface area (Å²) >= 11 is 0. The number of ketones is 1. The molecule has 2 atom stereocenters. The van der Waals surface area contributed by atoms with Crippen molar-refractivity contribution in [2.45, 2.75) is 70.6 Å². The number of Topliss-reactive ketones (excluding diaryl/α,β-unsaturated/α-hetero) is 1. The molecular formula is C17H28O3Si. The molecule has 0 spiro atoms. The van der Waals surface area contributed by atoms with Gasteiger partial charge < -0.3 is 4.74 Å². The second kappa shape index (κ2) is 5.38. The Kier molecular flexibility index (Phi) is 4.22. The van der Waals surface area contributed by atoms with E-state index in [0.29, 0.717) is 24.7 Å². The lowest BCUT2D eigenvalue weighted by atomic mass is 10.0. The van der Waals surface area contributed by atoms with E-state index in [0.717, 1.165) is 12.8 Å². The normalized spacial score (nSPS) is 26.3. The lowest BCUT2D eigenvalue weighted by Crippen LogP contribution is -2.45. The van der Waals surface area contributed by atoms with Gasteiger partial charge in [-0.1, -0.05) is 45.0 Å². The minimum absolute atomic E-state index is 0.176. The zero-order valence-corrected chi connectivity index (χ0v) is 15.2. The standard InChI is InChI=1S/C17H28O3Si/c1-11(18)20-10-12-7-13-9-15(19)16(14(13)8-12)21(5,6)17(2,3)4/h12,16H,7-10H2,1-6H3. The molecule has 0 N–H and O–H groups in total. The fourth-order valence-electron chi connectivity index (χ4n) is 3.65. The molecule has 3 nitrogen and oxygen atoms in total. The molecule has 0 saturated carbocycles. The third-order valence-corrected chi connectivity index (χ3v) is 11.7. The second-order valence-corrected chi connectivity index (χ2v) is 13.8. The van der Waals surface area contributed by atoms with Gasteiger partial charge in [-0.25, -0.2) is 0 Å². The molecule has 2 unspecified atom stereocenters. The molecule has 0 amide bonds. The minimum atomic E-state index is -1.71. The maximum atomic E-state index is 12.6. The molecule has 0 aliphatic heterocycles. The first-order valence-corrected chi connectivity index (χ1v) is 11.0. The maximum absolute atomic E-state index is 12.6. The van der Waals surface area contributed by atoms with E-state index >= 15 is 0 Å². The average molecular weight is 308 g/mol. The monoisotopic (exact) mass is 308 g/mol. The Morgan fingerprint density at radius 3 is 2.43 bits per heavy atom. The summed E-state index contributed by atoms with van der Waals surface area (Å²) in [5.41, 5.74) is 2.94. The summed E-state index contributed by atoms with van der Waals surface area (Å²) in [6.45, 7) is 13.5. The van der Waals surface area contributed by atoms with Crippen LogP contribution < -0.4 is 0 Å². The molecule has 2 aliphatic rings. The smallest absolute Gasteiger partial charge is 0.302 e. The molecule has 0 aromatic heterocycles. The highest BCUT2D eigenvalue weighted by molar-refractivity contribution is 6.85. The highest BCUT2D eigenvalue weighted by atomic mass is 28.3. The van der Waals surface area contributed by atoms with Gasteiger partial charge in [0.05, 0.1) is 14.7 Å². The molecule has 118 valence electrons. The van der Waals surface area contributed by atoms with Crippen molar-refractivity contribution in [3.05, 3.63) is 11.1 Å². The van der Waals surface area contributed by atoms with Crippen LogP contribution in [0, 0.1) is 5.92 Å². The summed E-state index contributed by atoms with van der Waals surface area (Å²) in [6, 6.07) is 0. The second-order valence-electron chi connectivity index (χ2n) is 8.25. The maximum Gasteiger partial charge on any atom is 0.302 e. The van der Waals surface area contributed by atoms with Gasteiger partial charge in [-0.2, -0.15) is 0 Å². The van der Waals surface area contributed by atoms with Crippen molar-refractivity contribution < 1.29 is 14.3 Å². The first kappa shape index (κ1) is 16.5. The molecular weight excluding hydrogens is 280 g/mol. The van der Waals surface area contributed by atoms with Gasteiger partial charge in [0.1, 0.15) is 5.78 Å². The lowest BCUT2D eigenvalue weighted by Gasteiger charge is -2.42. The number of hydrogen-bond acceptors (Lipinski definition) is 3. The Bertz CT molecular complexity index is 497. The van der Waals surface area contributed by atoms with Crippen LogP contribution in [0.4, 0.5) is 0 Å².